The summed E-state index contributed by atoms with van der Waals surface area (Å²) in [6.45, 7) is 2.70. The lowest BCUT2D eigenvalue weighted by molar-refractivity contribution is -0.140. The third-order valence-electron chi connectivity index (χ3n) is 2.64. The molecule has 1 aliphatic rings. The number of halogens is 2. The Morgan fingerprint density at radius 1 is 1.64 bits per heavy atom. The summed E-state index contributed by atoms with van der Waals surface area (Å²) >= 11 is 0. The minimum absolute atomic E-state index is 0.192. The highest BCUT2D eigenvalue weighted by Gasteiger charge is 2.38. The summed E-state index contributed by atoms with van der Waals surface area (Å²) in [6.07, 6.45) is -1.73. The molecule has 82 valence electrons. The van der Waals surface area contributed by atoms with Crippen LogP contribution >= 0.6 is 0 Å². The van der Waals surface area contributed by atoms with E-state index in [2.05, 4.69) is 5.32 Å². The number of hydrogen-bond donors (Lipinski definition) is 1. The first-order chi connectivity index (χ1) is 6.46. The topological polar surface area (TPSA) is 32.3 Å². The highest BCUT2D eigenvalue weighted by molar-refractivity contribution is 5.82. The van der Waals surface area contributed by atoms with Crippen molar-refractivity contribution in [3.05, 3.63) is 0 Å². The second-order valence-electron chi connectivity index (χ2n) is 4.06. The molecule has 0 aromatic carbocycles. The van der Waals surface area contributed by atoms with Crippen LogP contribution in [0.25, 0.3) is 0 Å². The van der Waals surface area contributed by atoms with Gasteiger partial charge in [-0.1, -0.05) is 0 Å². The molecule has 1 atom stereocenters. The van der Waals surface area contributed by atoms with E-state index in [1.54, 1.807) is 0 Å². The van der Waals surface area contributed by atoms with Crippen LogP contribution in [0.15, 0.2) is 0 Å². The molecule has 0 aromatic rings. The zero-order valence-corrected chi connectivity index (χ0v) is 8.52. The van der Waals surface area contributed by atoms with E-state index in [0.29, 0.717) is 6.54 Å². The molecule has 0 saturated carbocycles. The smallest absolute Gasteiger partial charge is 0.255 e. The van der Waals surface area contributed by atoms with E-state index in [-0.39, 0.29) is 5.91 Å². The summed E-state index contributed by atoms with van der Waals surface area (Å²) in [5, 5.41) is 3.07. The monoisotopic (exact) mass is 206 g/mol. The molecule has 1 unspecified atom stereocenters. The summed E-state index contributed by atoms with van der Waals surface area (Å²) in [7, 11) is 1.43. The van der Waals surface area contributed by atoms with Gasteiger partial charge in [-0.2, -0.15) is 0 Å². The van der Waals surface area contributed by atoms with Crippen molar-refractivity contribution in [2.75, 3.05) is 26.7 Å². The molecule has 0 radical (unpaired) electrons. The number of hydrogen-bond acceptors (Lipinski definition) is 2. The van der Waals surface area contributed by atoms with Gasteiger partial charge in [0.1, 0.15) is 0 Å². The van der Waals surface area contributed by atoms with Gasteiger partial charge in [-0.15, -0.1) is 0 Å². The summed E-state index contributed by atoms with van der Waals surface area (Å²) in [5.74, 6) is -0.192. The van der Waals surface area contributed by atoms with Gasteiger partial charge in [-0.05, 0) is 19.9 Å². The second-order valence-corrected chi connectivity index (χ2v) is 4.06. The van der Waals surface area contributed by atoms with Crippen molar-refractivity contribution in [1.29, 1.82) is 0 Å². The Bertz CT molecular complexity index is 215. The second kappa shape index (κ2) is 4.21. The van der Waals surface area contributed by atoms with Crippen LogP contribution in [0.4, 0.5) is 8.78 Å². The Labute approximate surface area is 82.5 Å². The molecule has 1 amide bonds. The van der Waals surface area contributed by atoms with E-state index >= 15 is 0 Å². The minimum atomic E-state index is -2.46. The zero-order chi connectivity index (χ0) is 10.8. The molecular formula is C9H16F2N2O. The quantitative estimate of drug-likeness (QED) is 0.737. The van der Waals surface area contributed by atoms with Crippen molar-refractivity contribution >= 4 is 5.91 Å². The fourth-order valence-electron chi connectivity index (χ4n) is 1.75. The fourth-order valence-corrected chi connectivity index (χ4v) is 1.75. The van der Waals surface area contributed by atoms with Crippen molar-refractivity contribution in [2.24, 2.45) is 5.41 Å². The normalized spacial score (nSPS) is 26.9. The molecule has 0 bridgehead atoms. The van der Waals surface area contributed by atoms with Crippen molar-refractivity contribution in [2.45, 2.75) is 19.8 Å². The number of nitrogens with one attached hydrogen (secondary N) is 1. The molecule has 0 aliphatic carbocycles. The van der Waals surface area contributed by atoms with Crippen LogP contribution in [0.1, 0.15) is 13.3 Å². The average molecular weight is 206 g/mol. The van der Waals surface area contributed by atoms with Crippen LogP contribution < -0.4 is 5.32 Å². The maximum absolute atomic E-state index is 12.0. The van der Waals surface area contributed by atoms with Crippen LogP contribution in [0.3, 0.4) is 0 Å². The molecule has 1 saturated heterocycles. The molecule has 5 heteroatoms. The maximum Gasteiger partial charge on any atom is 0.255 e. The first kappa shape index (κ1) is 11.4. The number of carbonyl (C=O) groups is 1. The molecule has 3 nitrogen and oxygen atoms in total. The lowest BCUT2D eigenvalue weighted by Gasteiger charge is -2.27. The predicted molar refractivity (Wildman–Crippen MR) is 49.2 cm³/mol. The Morgan fingerprint density at radius 2 is 2.29 bits per heavy atom. The average Bonchev–Trinajstić information content (AvgIpc) is 2.51. The van der Waals surface area contributed by atoms with Gasteiger partial charge in [-0.25, -0.2) is 8.78 Å². The molecule has 0 aromatic heterocycles. The van der Waals surface area contributed by atoms with Gasteiger partial charge in [0, 0.05) is 13.6 Å². The van der Waals surface area contributed by atoms with Crippen molar-refractivity contribution in [3.63, 3.8) is 0 Å². The maximum atomic E-state index is 12.0. The lowest BCUT2D eigenvalue weighted by Crippen LogP contribution is -2.43. The highest BCUT2D eigenvalue weighted by atomic mass is 19.3. The van der Waals surface area contributed by atoms with Gasteiger partial charge in [-0.3, -0.25) is 4.79 Å². The van der Waals surface area contributed by atoms with Crippen LogP contribution in [0.2, 0.25) is 0 Å². The molecule has 1 aliphatic heterocycles. The lowest BCUT2D eigenvalue weighted by atomic mass is 9.88. The Kier molecular flexibility index (Phi) is 3.42. The van der Waals surface area contributed by atoms with Gasteiger partial charge < -0.3 is 10.2 Å². The SMILES string of the molecule is CN(CC(F)F)C(=O)C1(C)CCNC1. The first-order valence-electron chi connectivity index (χ1n) is 4.70. The molecule has 1 heterocycles. The van der Waals surface area contributed by atoms with E-state index in [4.69, 9.17) is 0 Å². The molecular weight excluding hydrogens is 190 g/mol. The molecule has 1 rings (SSSR count). The number of carbonyl (C=O) groups excluding carboxylic acids is 1. The number of alkyl halides is 2. The van der Waals surface area contributed by atoms with E-state index < -0.39 is 18.4 Å². The van der Waals surface area contributed by atoms with Crippen LogP contribution in [-0.4, -0.2) is 43.9 Å². The molecule has 0 spiro atoms. The zero-order valence-electron chi connectivity index (χ0n) is 8.52. The number of rotatable bonds is 3. The van der Waals surface area contributed by atoms with E-state index in [0.717, 1.165) is 17.9 Å². The molecule has 14 heavy (non-hydrogen) atoms. The summed E-state index contributed by atoms with van der Waals surface area (Å²) in [6, 6.07) is 0. The van der Waals surface area contributed by atoms with Gasteiger partial charge in [0.2, 0.25) is 5.91 Å². The third-order valence-corrected chi connectivity index (χ3v) is 2.64. The van der Waals surface area contributed by atoms with Crippen molar-refractivity contribution < 1.29 is 13.6 Å². The van der Waals surface area contributed by atoms with Gasteiger partial charge >= 0.3 is 0 Å². The third kappa shape index (κ3) is 2.41. The summed E-state index contributed by atoms with van der Waals surface area (Å²) in [5.41, 5.74) is -0.496. The van der Waals surface area contributed by atoms with Gasteiger partial charge in [0.05, 0.1) is 12.0 Å². The van der Waals surface area contributed by atoms with Gasteiger partial charge in [0.15, 0.2) is 0 Å². The summed E-state index contributed by atoms with van der Waals surface area (Å²) < 4.78 is 24.1. The van der Waals surface area contributed by atoms with Gasteiger partial charge in [0.25, 0.3) is 6.43 Å². The van der Waals surface area contributed by atoms with Crippen LogP contribution in [0, 0.1) is 5.41 Å². The first-order valence-corrected chi connectivity index (χ1v) is 4.70. The Balaban J connectivity index is 2.55. The standard InChI is InChI=1S/C9H16F2N2O/c1-9(3-4-12-6-9)8(14)13(2)5-7(10)11/h7,12H,3-6H2,1-2H3. The molecule has 1 fully saturated rings. The predicted octanol–water partition coefficient (Wildman–Crippen LogP) is 0.709. The highest BCUT2D eigenvalue weighted by Crippen LogP contribution is 2.26. The van der Waals surface area contributed by atoms with Crippen LogP contribution in [-0.2, 0) is 4.79 Å². The van der Waals surface area contributed by atoms with E-state index in [1.165, 1.54) is 7.05 Å². The number of nitrogens with zero attached hydrogens (tertiary/aromatic N) is 1. The van der Waals surface area contributed by atoms with E-state index in [1.807, 2.05) is 6.92 Å². The Hall–Kier alpha value is -0.710. The number of amides is 1. The Morgan fingerprint density at radius 3 is 2.71 bits per heavy atom. The van der Waals surface area contributed by atoms with E-state index in [9.17, 15) is 13.6 Å². The van der Waals surface area contributed by atoms with Crippen molar-refractivity contribution in [1.82, 2.24) is 10.2 Å². The molecule has 1 N–H and O–H groups in total. The fraction of sp³-hybridized carbons (Fsp3) is 0.889. The largest absolute Gasteiger partial charge is 0.340 e. The van der Waals surface area contributed by atoms with Crippen molar-refractivity contribution in [3.8, 4) is 0 Å². The van der Waals surface area contributed by atoms with Crippen LogP contribution in [0.5, 0.6) is 0 Å². The summed E-state index contributed by atoms with van der Waals surface area (Å²) in [4.78, 5) is 12.9. The minimum Gasteiger partial charge on any atom is -0.340 e.